The molecule has 0 saturated carbocycles. The summed E-state index contributed by atoms with van der Waals surface area (Å²) in [6.45, 7) is 6.19. The van der Waals surface area contributed by atoms with Crippen LogP contribution in [0.2, 0.25) is 0 Å². The van der Waals surface area contributed by atoms with Gasteiger partial charge in [-0.25, -0.2) is 13.1 Å². The topological polar surface area (TPSA) is 46.2 Å². The molecule has 0 heterocycles. The van der Waals surface area contributed by atoms with E-state index in [0.29, 0.717) is 17.3 Å². The number of alkyl halides is 1. The fourth-order valence-corrected chi connectivity index (χ4v) is 3.66. The van der Waals surface area contributed by atoms with Crippen LogP contribution in [0.4, 0.5) is 0 Å². The van der Waals surface area contributed by atoms with Crippen LogP contribution in [-0.2, 0) is 10.0 Å². The molecule has 108 valence electrons. The van der Waals surface area contributed by atoms with Gasteiger partial charge in [-0.05, 0) is 43.4 Å². The van der Waals surface area contributed by atoms with E-state index in [0.717, 1.165) is 24.0 Å². The first-order valence-corrected chi connectivity index (χ1v) is 8.55. The first-order valence-electron chi connectivity index (χ1n) is 6.53. The van der Waals surface area contributed by atoms with Crippen LogP contribution in [0.3, 0.4) is 0 Å². The highest BCUT2D eigenvalue weighted by Gasteiger charge is 2.18. The van der Waals surface area contributed by atoms with E-state index in [1.165, 1.54) is 0 Å². The zero-order chi connectivity index (χ0) is 14.5. The molecule has 5 heteroatoms. The van der Waals surface area contributed by atoms with Gasteiger partial charge in [0.25, 0.3) is 0 Å². The highest BCUT2D eigenvalue weighted by Crippen LogP contribution is 2.17. The number of rotatable bonds is 7. The molecule has 0 bridgehead atoms. The van der Waals surface area contributed by atoms with E-state index in [2.05, 4.69) is 4.72 Å². The highest BCUT2D eigenvalue weighted by molar-refractivity contribution is 7.89. The normalized spacial score (nSPS) is 13.5. The van der Waals surface area contributed by atoms with Crippen molar-refractivity contribution >= 4 is 21.6 Å². The lowest BCUT2D eigenvalue weighted by molar-refractivity contribution is 0.481. The number of benzene rings is 1. The number of sulfonamides is 1. The Morgan fingerprint density at radius 3 is 2.58 bits per heavy atom. The molecule has 1 rings (SSSR count). The Kier molecular flexibility index (Phi) is 6.30. The number of hydrogen-bond acceptors (Lipinski definition) is 2. The molecular weight excluding hydrogens is 282 g/mol. The molecule has 19 heavy (non-hydrogen) atoms. The third-order valence-electron chi connectivity index (χ3n) is 3.29. The van der Waals surface area contributed by atoms with Crippen molar-refractivity contribution in [2.24, 2.45) is 5.92 Å². The fraction of sp³-hybridized carbons (Fsp3) is 0.571. The average Bonchev–Trinajstić information content (AvgIpc) is 2.37. The van der Waals surface area contributed by atoms with Gasteiger partial charge in [0.1, 0.15) is 0 Å². The lowest BCUT2D eigenvalue weighted by Crippen LogP contribution is -2.30. The lowest BCUT2D eigenvalue weighted by Gasteiger charge is -2.15. The van der Waals surface area contributed by atoms with Gasteiger partial charge in [0.05, 0.1) is 4.90 Å². The maximum Gasteiger partial charge on any atom is 0.240 e. The molecule has 1 N–H and O–H groups in total. The molecule has 1 atom stereocenters. The van der Waals surface area contributed by atoms with Crippen LogP contribution >= 0.6 is 11.6 Å². The van der Waals surface area contributed by atoms with Crippen LogP contribution < -0.4 is 4.72 Å². The monoisotopic (exact) mass is 303 g/mol. The van der Waals surface area contributed by atoms with Crippen molar-refractivity contribution in [1.82, 2.24) is 4.72 Å². The Balaban J connectivity index is 2.83. The number of halogens is 1. The molecule has 1 aromatic carbocycles. The second-order valence-electron chi connectivity index (χ2n) is 4.87. The quantitative estimate of drug-likeness (QED) is 0.786. The van der Waals surface area contributed by atoms with E-state index in [-0.39, 0.29) is 5.92 Å². The van der Waals surface area contributed by atoms with Gasteiger partial charge < -0.3 is 0 Å². The Bertz CT molecular complexity index is 514. The zero-order valence-corrected chi connectivity index (χ0v) is 13.3. The molecule has 0 aliphatic rings. The van der Waals surface area contributed by atoms with Crippen molar-refractivity contribution in [3.63, 3.8) is 0 Å². The van der Waals surface area contributed by atoms with E-state index in [1.807, 2.05) is 32.9 Å². The summed E-state index contributed by atoms with van der Waals surface area (Å²) in [5.41, 5.74) is 1.71. The van der Waals surface area contributed by atoms with E-state index >= 15 is 0 Å². The molecule has 0 aliphatic carbocycles. The lowest BCUT2D eigenvalue weighted by atomic mass is 10.0. The number of nitrogens with one attached hydrogen (secondary N) is 1. The van der Waals surface area contributed by atoms with Gasteiger partial charge in [0, 0.05) is 12.4 Å². The van der Waals surface area contributed by atoms with Crippen LogP contribution in [-0.4, -0.2) is 20.8 Å². The predicted molar refractivity (Wildman–Crippen MR) is 80.2 cm³/mol. The van der Waals surface area contributed by atoms with Crippen molar-refractivity contribution < 1.29 is 8.42 Å². The minimum atomic E-state index is -3.43. The maximum absolute atomic E-state index is 12.3. The Labute approximate surface area is 121 Å². The molecule has 1 unspecified atom stereocenters. The summed E-state index contributed by atoms with van der Waals surface area (Å²) in [6, 6.07) is 5.46. The second-order valence-corrected chi connectivity index (χ2v) is 6.99. The molecule has 0 amide bonds. The summed E-state index contributed by atoms with van der Waals surface area (Å²) >= 11 is 5.71. The summed E-state index contributed by atoms with van der Waals surface area (Å²) in [6.07, 6.45) is 1.75. The standard InChI is InChI=1S/C14H22ClNO2S/c1-4-13(7-8-15)10-16-19(17,18)14-9-11(2)5-6-12(14)3/h5-6,9,13,16H,4,7-8,10H2,1-3H3. The SMILES string of the molecule is CCC(CCCl)CNS(=O)(=O)c1cc(C)ccc1C. The summed E-state index contributed by atoms with van der Waals surface area (Å²) in [4.78, 5) is 0.369. The summed E-state index contributed by atoms with van der Waals surface area (Å²) < 4.78 is 27.3. The number of aryl methyl sites for hydroxylation is 2. The van der Waals surface area contributed by atoms with Crippen LogP contribution in [0.15, 0.2) is 23.1 Å². The Morgan fingerprint density at radius 2 is 2.00 bits per heavy atom. The molecule has 3 nitrogen and oxygen atoms in total. The average molecular weight is 304 g/mol. The molecule has 0 radical (unpaired) electrons. The molecule has 0 aromatic heterocycles. The van der Waals surface area contributed by atoms with Crippen molar-refractivity contribution in [2.45, 2.75) is 38.5 Å². The first-order chi connectivity index (χ1) is 8.90. The summed E-state index contributed by atoms with van der Waals surface area (Å²) in [7, 11) is -3.43. The van der Waals surface area contributed by atoms with Gasteiger partial charge in [-0.2, -0.15) is 0 Å². The zero-order valence-electron chi connectivity index (χ0n) is 11.7. The molecule has 1 aromatic rings. The maximum atomic E-state index is 12.3. The van der Waals surface area contributed by atoms with Gasteiger partial charge in [0.15, 0.2) is 0 Å². The van der Waals surface area contributed by atoms with Crippen molar-refractivity contribution in [3.05, 3.63) is 29.3 Å². The molecular formula is C14H22ClNO2S. The highest BCUT2D eigenvalue weighted by atomic mass is 35.5. The smallest absolute Gasteiger partial charge is 0.211 e. The van der Waals surface area contributed by atoms with Gasteiger partial charge >= 0.3 is 0 Å². The van der Waals surface area contributed by atoms with Crippen LogP contribution in [0, 0.1) is 19.8 Å². The Morgan fingerprint density at radius 1 is 1.32 bits per heavy atom. The van der Waals surface area contributed by atoms with Crippen molar-refractivity contribution in [2.75, 3.05) is 12.4 Å². The van der Waals surface area contributed by atoms with E-state index in [9.17, 15) is 8.42 Å². The van der Waals surface area contributed by atoms with Crippen LogP contribution in [0.25, 0.3) is 0 Å². The van der Waals surface area contributed by atoms with Gasteiger partial charge in [0.2, 0.25) is 10.0 Å². The number of hydrogen-bond donors (Lipinski definition) is 1. The minimum Gasteiger partial charge on any atom is -0.211 e. The second kappa shape index (κ2) is 7.27. The summed E-state index contributed by atoms with van der Waals surface area (Å²) in [5.74, 6) is 0.848. The van der Waals surface area contributed by atoms with E-state index in [1.54, 1.807) is 6.07 Å². The molecule has 0 spiro atoms. The van der Waals surface area contributed by atoms with Crippen LogP contribution in [0.1, 0.15) is 30.9 Å². The molecule has 0 saturated heterocycles. The fourth-order valence-electron chi connectivity index (χ4n) is 1.91. The van der Waals surface area contributed by atoms with E-state index < -0.39 is 10.0 Å². The third-order valence-corrected chi connectivity index (χ3v) is 5.07. The minimum absolute atomic E-state index is 0.289. The predicted octanol–water partition coefficient (Wildman–Crippen LogP) is 3.24. The molecule has 0 aliphatic heterocycles. The third kappa shape index (κ3) is 4.79. The molecule has 0 fully saturated rings. The van der Waals surface area contributed by atoms with Crippen LogP contribution in [0.5, 0.6) is 0 Å². The van der Waals surface area contributed by atoms with Crippen molar-refractivity contribution in [1.29, 1.82) is 0 Å². The largest absolute Gasteiger partial charge is 0.240 e. The summed E-state index contributed by atoms with van der Waals surface area (Å²) in [5, 5.41) is 0. The van der Waals surface area contributed by atoms with Crippen molar-refractivity contribution in [3.8, 4) is 0 Å². The van der Waals surface area contributed by atoms with Gasteiger partial charge in [-0.3, -0.25) is 0 Å². The van der Waals surface area contributed by atoms with Gasteiger partial charge in [-0.15, -0.1) is 11.6 Å². The Hall–Kier alpha value is -0.580. The first kappa shape index (κ1) is 16.5. The van der Waals surface area contributed by atoms with Gasteiger partial charge in [-0.1, -0.05) is 25.5 Å². The van der Waals surface area contributed by atoms with E-state index in [4.69, 9.17) is 11.6 Å².